The number of methoxy groups -OCH3 is 1. The third-order valence-corrected chi connectivity index (χ3v) is 3.56. The third kappa shape index (κ3) is 4.93. The molecule has 0 saturated heterocycles. The van der Waals surface area contributed by atoms with Gasteiger partial charge in [-0.25, -0.2) is 4.79 Å². The van der Waals surface area contributed by atoms with E-state index in [9.17, 15) is 9.59 Å². The first kappa shape index (κ1) is 18.9. The number of carbonyl (C=O) groups is 2. The van der Waals surface area contributed by atoms with E-state index in [-0.39, 0.29) is 0 Å². The number of rotatable bonds is 8. The van der Waals surface area contributed by atoms with E-state index in [4.69, 9.17) is 9.47 Å². The lowest BCUT2D eigenvalue weighted by Gasteiger charge is -2.31. The maximum Gasteiger partial charge on any atom is 0.335 e. The van der Waals surface area contributed by atoms with Gasteiger partial charge in [-0.05, 0) is 39.8 Å². The molecule has 0 N–H and O–H groups in total. The molecule has 0 fully saturated rings. The van der Waals surface area contributed by atoms with Gasteiger partial charge in [-0.1, -0.05) is 6.58 Å². The first-order valence-corrected chi connectivity index (χ1v) is 7.60. The normalized spacial score (nSPS) is 11.0. The zero-order valence-electron chi connectivity index (χ0n) is 14.5. The second kappa shape index (κ2) is 8.48. The third-order valence-electron chi connectivity index (χ3n) is 3.56. The lowest BCUT2D eigenvalue weighted by Crippen LogP contribution is -2.36. The highest BCUT2D eigenvalue weighted by Gasteiger charge is 2.21. The highest BCUT2D eigenvalue weighted by molar-refractivity contribution is 5.85. The van der Waals surface area contributed by atoms with Gasteiger partial charge in [0, 0.05) is 35.8 Å². The van der Waals surface area contributed by atoms with Crippen LogP contribution in [0.4, 0.5) is 0 Å². The molecule has 0 bridgehead atoms. The minimum atomic E-state index is -0.566. The molecule has 5 nitrogen and oxygen atoms in total. The largest absolute Gasteiger partial charge is 0.493 e. The lowest BCUT2D eigenvalue weighted by molar-refractivity contribution is -0.129. The number of hydrogen-bond acceptors (Lipinski definition) is 5. The smallest absolute Gasteiger partial charge is 0.335 e. The minimum Gasteiger partial charge on any atom is -0.493 e. The molecule has 0 heterocycles. The number of esters is 1. The molecule has 0 saturated carbocycles. The van der Waals surface area contributed by atoms with Crippen LogP contribution >= 0.6 is 0 Å². The van der Waals surface area contributed by atoms with E-state index in [1.54, 1.807) is 12.1 Å². The molecule has 0 radical (unpaired) electrons. The van der Waals surface area contributed by atoms with Gasteiger partial charge >= 0.3 is 5.97 Å². The number of carbonyl (C=O) groups excluding carboxylic acids is 2. The van der Waals surface area contributed by atoms with Crippen LogP contribution in [0.2, 0.25) is 0 Å². The second-order valence-corrected chi connectivity index (χ2v) is 5.81. The zero-order chi connectivity index (χ0) is 17.6. The molecule has 1 aromatic carbocycles. The molecule has 0 aromatic heterocycles. The molecule has 0 spiro atoms. The number of nitrogens with zero attached hydrogens (tertiary/aromatic N) is 1. The fraction of sp³-hybridized carbons (Fsp3) is 0.444. The van der Waals surface area contributed by atoms with E-state index < -0.39 is 5.97 Å². The van der Waals surface area contributed by atoms with Gasteiger partial charge in [-0.15, -0.1) is 0 Å². The summed E-state index contributed by atoms with van der Waals surface area (Å²) in [6.07, 6.45) is 1.85. The summed E-state index contributed by atoms with van der Waals surface area (Å²) in [4.78, 5) is 25.0. The van der Waals surface area contributed by atoms with Crippen LogP contribution in [-0.2, 0) is 11.3 Å². The van der Waals surface area contributed by atoms with Gasteiger partial charge in [0.1, 0.15) is 6.29 Å². The Bertz CT molecular complexity index is 571. The molecule has 0 amide bonds. The average molecular weight is 319 g/mol. The molecule has 0 aliphatic carbocycles. The quantitative estimate of drug-likeness (QED) is 0.319. The Kier molecular flexibility index (Phi) is 6.97. The van der Waals surface area contributed by atoms with E-state index in [1.807, 2.05) is 0 Å². The van der Waals surface area contributed by atoms with Crippen LogP contribution in [0.25, 0.3) is 0 Å². The Morgan fingerprint density at radius 3 is 2.30 bits per heavy atom. The first-order chi connectivity index (χ1) is 10.8. The van der Waals surface area contributed by atoms with E-state index in [2.05, 4.69) is 39.2 Å². The molecule has 0 unspecified atom stereocenters. The Hall–Kier alpha value is -2.14. The second-order valence-electron chi connectivity index (χ2n) is 5.81. The van der Waals surface area contributed by atoms with Crippen molar-refractivity contribution >= 4 is 12.3 Å². The van der Waals surface area contributed by atoms with Crippen molar-refractivity contribution in [2.24, 2.45) is 0 Å². The van der Waals surface area contributed by atoms with Crippen molar-refractivity contribution in [2.45, 2.75) is 46.3 Å². The van der Waals surface area contributed by atoms with E-state index in [1.165, 1.54) is 7.11 Å². The van der Waals surface area contributed by atoms with Crippen molar-refractivity contribution in [2.75, 3.05) is 7.11 Å². The summed E-state index contributed by atoms with van der Waals surface area (Å²) >= 11 is 0. The Morgan fingerprint density at radius 1 is 1.26 bits per heavy atom. The highest BCUT2D eigenvalue weighted by Crippen LogP contribution is 2.34. The molecule has 5 heteroatoms. The van der Waals surface area contributed by atoms with Crippen LogP contribution in [-0.4, -0.2) is 36.3 Å². The molecule has 126 valence electrons. The predicted molar refractivity (Wildman–Crippen MR) is 90.0 cm³/mol. The van der Waals surface area contributed by atoms with Crippen molar-refractivity contribution in [1.82, 2.24) is 4.90 Å². The van der Waals surface area contributed by atoms with Crippen LogP contribution in [0.15, 0.2) is 24.8 Å². The minimum absolute atomic E-state index is 0.295. The van der Waals surface area contributed by atoms with Gasteiger partial charge < -0.3 is 9.47 Å². The first-order valence-electron chi connectivity index (χ1n) is 7.60. The molecule has 23 heavy (non-hydrogen) atoms. The standard InChI is InChI=1S/C18H25NO4/c1-7-17(21)23-18-15(10-19(12(2)3)13(4)5)8-14(11-20)9-16(18)22-6/h7-9,11-13H,1,10H2,2-6H3. The maximum absolute atomic E-state index is 11.6. The fourth-order valence-electron chi connectivity index (χ4n) is 2.44. The van der Waals surface area contributed by atoms with E-state index in [0.29, 0.717) is 35.7 Å². The van der Waals surface area contributed by atoms with Crippen molar-refractivity contribution < 1.29 is 19.1 Å². The summed E-state index contributed by atoms with van der Waals surface area (Å²) in [5.41, 5.74) is 1.20. The van der Waals surface area contributed by atoms with Gasteiger partial charge in [0.15, 0.2) is 11.5 Å². The van der Waals surface area contributed by atoms with Gasteiger partial charge in [-0.2, -0.15) is 0 Å². The molecular formula is C18H25NO4. The van der Waals surface area contributed by atoms with E-state index >= 15 is 0 Å². The molecule has 1 aromatic rings. The Morgan fingerprint density at radius 2 is 1.87 bits per heavy atom. The predicted octanol–water partition coefficient (Wildman–Crippen LogP) is 3.22. The highest BCUT2D eigenvalue weighted by atomic mass is 16.6. The monoisotopic (exact) mass is 319 g/mol. The van der Waals surface area contributed by atoms with Gasteiger partial charge in [0.05, 0.1) is 7.11 Å². The lowest BCUT2D eigenvalue weighted by atomic mass is 10.1. The summed E-state index contributed by atoms with van der Waals surface area (Å²) < 4.78 is 10.6. The van der Waals surface area contributed by atoms with Crippen LogP contribution < -0.4 is 9.47 Å². The fourth-order valence-corrected chi connectivity index (χ4v) is 2.44. The maximum atomic E-state index is 11.6. The van der Waals surface area contributed by atoms with Crippen LogP contribution in [0.1, 0.15) is 43.6 Å². The number of aldehydes is 1. The Balaban J connectivity index is 3.37. The van der Waals surface area contributed by atoms with Crippen molar-refractivity contribution in [1.29, 1.82) is 0 Å². The zero-order valence-corrected chi connectivity index (χ0v) is 14.5. The van der Waals surface area contributed by atoms with Gasteiger partial charge in [0.2, 0.25) is 0 Å². The van der Waals surface area contributed by atoms with Crippen LogP contribution in [0.5, 0.6) is 11.5 Å². The number of ether oxygens (including phenoxy) is 2. The molecule has 0 aliphatic rings. The SMILES string of the molecule is C=CC(=O)Oc1c(CN(C(C)C)C(C)C)cc(C=O)cc1OC. The molecular weight excluding hydrogens is 294 g/mol. The summed E-state index contributed by atoms with van der Waals surface area (Å²) in [6, 6.07) is 3.86. The average Bonchev–Trinajstić information content (AvgIpc) is 2.52. The van der Waals surface area contributed by atoms with E-state index in [0.717, 1.165) is 17.9 Å². The Labute approximate surface area is 137 Å². The molecule has 0 aliphatic heterocycles. The summed E-state index contributed by atoms with van der Waals surface area (Å²) in [5, 5.41) is 0. The van der Waals surface area contributed by atoms with Gasteiger partial charge in [-0.3, -0.25) is 9.69 Å². The van der Waals surface area contributed by atoms with Crippen molar-refractivity contribution in [3.8, 4) is 11.5 Å². The molecule has 1 rings (SSSR count). The van der Waals surface area contributed by atoms with Crippen LogP contribution in [0.3, 0.4) is 0 Å². The summed E-state index contributed by atoms with van der Waals surface area (Å²) in [7, 11) is 1.47. The summed E-state index contributed by atoms with van der Waals surface area (Å²) in [6.45, 7) is 12.3. The number of hydrogen-bond donors (Lipinski definition) is 0. The summed E-state index contributed by atoms with van der Waals surface area (Å²) in [5.74, 6) is 0.116. The van der Waals surface area contributed by atoms with Crippen molar-refractivity contribution in [3.63, 3.8) is 0 Å². The topological polar surface area (TPSA) is 55.8 Å². The number of benzene rings is 1. The van der Waals surface area contributed by atoms with Gasteiger partial charge in [0.25, 0.3) is 0 Å². The van der Waals surface area contributed by atoms with Crippen molar-refractivity contribution in [3.05, 3.63) is 35.9 Å². The van der Waals surface area contributed by atoms with Crippen LogP contribution in [0, 0.1) is 0 Å². The molecule has 0 atom stereocenters.